The fourth-order valence-electron chi connectivity index (χ4n) is 2.43. The number of nitrogens with one attached hydrogen (secondary N) is 1. The van der Waals surface area contributed by atoms with Crippen LogP contribution >= 0.6 is 49.9 Å². The fraction of sp³-hybridized carbons (Fsp3) is 0.222. The van der Waals surface area contributed by atoms with Crippen molar-refractivity contribution < 1.29 is 9.59 Å². The van der Waals surface area contributed by atoms with Crippen LogP contribution in [0.25, 0.3) is 0 Å². The van der Waals surface area contributed by atoms with Gasteiger partial charge in [0.05, 0.1) is 21.8 Å². The number of carbonyl (C=O) groups excluding carboxylic acids is 2. The minimum atomic E-state index is -0.594. The van der Waals surface area contributed by atoms with Crippen molar-refractivity contribution in [2.75, 3.05) is 0 Å². The highest BCUT2D eigenvalue weighted by atomic mass is 79.9. The van der Waals surface area contributed by atoms with Gasteiger partial charge in [0.25, 0.3) is 5.91 Å². The summed E-state index contributed by atoms with van der Waals surface area (Å²) in [7, 11) is 0. The standard InChI is InChI=1S/C18H17BrN2O2S3/c1-12(20-17(22)15-6-7-16(19)26-15)18(23)21(10-13-4-2-8-24-13)11-14-5-3-9-25-14/h2-9,12H,10-11H2,1H3,(H,20,22). The molecule has 0 aliphatic carbocycles. The number of carbonyl (C=O) groups is 2. The van der Waals surface area contributed by atoms with Crippen LogP contribution in [-0.2, 0) is 17.9 Å². The summed E-state index contributed by atoms with van der Waals surface area (Å²) in [6, 6.07) is 11.0. The lowest BCUT2D eigenvalue weighted by Crippen LogP contribution is -2.46. The monoisotopic (exact) mass is 468 g/mol. The second kappa shape index (κ2) is 8.94. The number of halogens is 1. The molecule has 3 aromatic rings. The average Bonchev–Trinajstić information content (AvgIpc) is 3.36. The Morgan fingerprint density at radius 3 is 2.15 bits per heavy atom. The maximum absolute atomic E-state index is 13.0. The molecule has 0 aliphatic heterocycles. The predicted molar refractivity (Wildman–Crippen MR) is 112 cm³/mol. The molecule has 26 heavy (non-hydrogen) atoms. The molecule has 0 radical (unpaired) electrons. The van der Waals surface area contributed by atoms with Gasteiger partial charge in [0, 0.05) is 9.75 Å². The van der Waals surface area contributed by atoms with Crippen molar-refractivity contribution in [3.8, 4) is 0 Å². The quantitative estimate of drug-likeness (QED) is 0.531. The molecule has 1 N–H and O–H groups in total. The van der Waals surface area contributed by atoms with Crippen molar-refractivity contribution in [2.24, 2.45) is 0 Å². The molecule has 0 saturated carbocycles. The molecule has 0 aromatic carbocycles. The van der Waals surface area contributed by atoms with E-state index in [2.05, 4.69) is 21.2 Å². The van der Waals surface area contributed by atoms with Gasteiger partial charge in [-0.15, -0.1) is 34.0 Å². The van der Waals surface area contributed by atoms with Gasteiger partial charge < -0.3 is 10.2 Å². The molecule has 4 nitrogen and oxygen atoms in total. The normalized spacial score (nSPS) is 11.9. The summed E-state index contributed by atoms with van der Waals surface area (Å²) in [6.07, 6.45) is 0. The largest absolute Gasteiger partial charge is 0.340 e. The molecule has 3 heterocycles. The summed E-state index contributed by atoms with van der Waals surface area (Å²) in [4.78, 5) is 29.9. The zero-order chi connectivity index (χ0) is 18.5. The summed E-state index contributed by atoms with van der Waals surface area (Å²) in [6.45, 7) is 2.82. The van der Waals surface area contributed by atoms with E-state index in [1.54, 1.807) is 40.6 Å². The van der Waals surface area contributed by atoms with Gasteiger partial charge in [0.1, 0.15) is 6.04 Å². The first-order valence-corrected chi connectivity index (χ1v) is 11.3. The van der Waals surface area contributed by atoms with Crippen molar-refractivity contribution in [2.45, 2.75) is 26.1 Å². The summed E-state index contributed by atoms with van der Waals surface area (Å²) in [5.41, 5.74) is 0. The molecule has 3 aromatic heterocycles. The van der Waals surface area contributed by atoms with Crippen LogP contribution in [0.15, 0.2) is 50.9 Å². The Hall–Kier alpha value is -1.48. The molecule has 2 amide bonds. The third kappa shape index (κ3) is 5.03. The second-order valence-corrected chi connectivity index (χ2v) is 10.2. The average molecular weight is 469 g/mol. The molecule has 1 atom stereocenters. The van der Waals surface area contributed by atoms with Crippen LogP contribution in [0.4, 0.5) is 0 Å². The molecule has 136 valence electrons. The first-order chi connectivity index (χ1) is 12.5. The van der Waals surface area contributed by atoms with Gasteiger partial charge in [0.2, 0.25) is 5.91 Å². The SMILES string of the molecule is CC(NC(=O)c1ccc(Br)s1)C(=O)N(Cc1cccs1)Cc1cccs1. The summed E-state index contributed by atoms with van der Waals surface area (Å²) < 4.78 is 0.888. The third-order valence-electron chi connectivity index (χ3n) is 3.68. The van der Waals surface area contributed by atoms with E-state index >= 15 is 0 Å². The first kappa shape index (κ1) is 19.3. The van der Waals surface area contributed by atoms with Gasteiger partial charge in [-0.2, -0.15) is 0 Å². The molecule has 0 spiro atoms. The van der Waals surface area contributed by atoms with Gasteiger partial charge in [-0.3, -0.25) is 9.59 Å². The van der Waals surface area contributed by atoms with Crippen molar-refractivity contribution in [3.05, 3.63) is 65.6 Å². The Morgan fingerprint density at radius 2 is 1.69 bits per heavy atom. The summed E-state index contributed by atoms with van der Waals surface area (Å²) in [5, 5.41) is 6.82. The summed E-state index contributed by atoms with van der Waals surface area (Å²) >= 11 is 7.95. The van der Waals surface area contributed by atoms with Crippen LogP contribution in [0.2, 0.25) is 0 Å². The Labute approximate surface area is 172 Å². The minimum Gasteiger partial charge on any atom is -0.340 e. The molecule has 0 bridgehead atoms. The van der Waals surface area contributed by atoms with Gasteiger partial charge in [-0.25, -0.2) is 0 Å². The Morgan fingerprint density at radius 1 is 1.08 bits per heavy atom. The summed E-state index contributed by atoms with van der Waals surface area (Å²) in [5.74, 6) is -0.315. The minimum absolute atomic E-state index is 0.0872. The van der Waals surface area contributed by atoms with Gasteiger partial charge in [0.15, 0.2) is 0 Å². The van der Waals surface area contributed by atoms with Crippen molar-refractivity contribution in [1.82, 2.24) is 10.2 Å². The number of amides is 2. The highest BCUT2D eigenvalue weighted by Gasteiger charge is 2.24. The molecule has 0 fully saturated rings. The molecule has 3 rings (SSSR count). The van der Waals surface area contributed by atoms with Crippen molar-refractivity contribution >= 4 is 61.8 Å². The smallest absolute Gasteiger partial charge is 0.262 e. The van der Waals surface area contributed by atoms with E-state index in [1.807, 2.05) is 41.1 Å². The van der Waals surface area contributed by atoms with E-state index in [4.69, 9.17) is 0 Å². The van der Waals surface area contributed by atoms with Crippen LogP contribution in [0.1, 0.15) is 26.3 Å². The van der Waals surface area contributed by atoms with Crippen LogP contribution in [0, 0.1) is 0 Å². The Kier molecular flexibility index (Phi) is 6.63. The van der Waals surface area contributed by atoms with E-state index in [-0.39, 0.29) is 11.8 Å². The van der Waals surface area contributed by atoms with E-state index in [0.717, 1.165) is 13.5 Å². The van der Waals surface area contributed by atoms with E-state index in [1.165, 1.54) is 11.3 Å². The zero-order valence-electron chi connectivity index (χ0n) is 14.0. The van der Waals surface area contributed by atoms with Gasteiger partial charge in [-0.1, -0.05) is 12.1 Å². The van der Waals surface area contributed by atoms with E-state index in [0.29, 0.717) is 18.0 Å². The number of nitrogens with zero attached hydrogens (tertiary/aromatic N) is 1. The maximum Gasteiger partial charge on any atom is 0.262 e. The van der Waals surface area contributed by atoms with Crippen LogP contribution in [-0.4, -0.2) is 22.8 Å². The zero-order valence-corrected chi connectivity index (χ0v) is 18.0. The van der Waals surface area contributed by atoms with Crippen molar-refractivity contribution in [1.29, 1.82) is 0 Å². The molecule has 1 unspecified atom stereocenters. The van der Waals surface area contributed by atoms with Crippen molar-refractivity contribution in [3.63, 3.8) is 0 Å². The van der Waals surface area contributed by atoms with Crippen LogP contribution in [0.5, 0.6) is 0 Å². The van der Waals surface area contributed by atoms with E-state index in [9.17, 15) is 9.59 Å². The number of hydrogen-bond acceptors (Lipinski definition) is 5. The number of hydrogen-bond donors (Lipinski definition) is 1. The second-order valence-electron chi connectivity index (χ2n) is 5.65. The molecule has 0 aliphatic rings. The molecular formula is C18H17BrN2O2S3. The molecule has 0 saturated heterocycles. The Balaban J connectivity index is 1.69. The maximum atomic E-state index is 13.0. The molecule has 8 heteroatoms. The van der Waals surface area contributed by atoms with Gasteiger partial charge in [-0.05, 0) is 57.9 Å². The number of rotatable bonds is 7. The topological polar surface area (TPSA) is 49.4 Å². The highest BCUT2D eigenvalue weighted by molar-refractivity contribution is 9.11. The highest BCUT2D eigenvalue weighted by Crippen LogP contribution is 2.22. The fourth-order valence-corrected chi connectivity index (χ4v) is 5.16. The van der Waals surface area contributed by atoms with Crippen LogP contribution < -0.4 is 5.32 Å². The predicted octanol–water partition coefficient (Wildman–Crippen LogP) is 4.98. The molecular weight excluding hydrogens is 452 g/mol. The number of thiophene rings is 3. The Bertz CT molecular complexity index is 823. The lowest BCUT2D eigenvalue weighted by molar-refractivity contribution is -0.134. The lowest BCUT2D eigenvalue weighted by atomic mass is 10.2. The van der Waals surface area contributed by atoms with E-state index < -0.39 is 6.04 Å². The third-order valence-corrected chi connectivity index (χ3v) is 7.03. The van der Waals surface area contributed by atoms with Gasteiger partial charge >= 0.3 is 0 Å². The first-order valence-electron chi connectivity index (χ1n) is 7.92. The van der Waals surface area contributed by atoms with Crippen LogP contribution in [0.3, 0.4) is 0 Å². The lowest BCUT2D eigenvalue weighted by Gasteiger charge is -2.25.